The van der Waals surface area contributed by atoms with Crippen LogP contribution in [0.3, 0.4) is 0 Å². The Balaban J connectivity index is 1.61. The molecule has 1 aliphatic rings. The molecule has 6 nitrogen and oxygen atoms in total. The Hall–Kier alpha value is -2.36. The maximum atomic E-state index is 14.3. The van der Waals surface area contributed by atoms with Crippen LogP contribution in [-0.2, 0) is 4.84 Å². The van der Waals surface area contributed by atoms with Gasteiger partial charge in [0.25, 0.3) is 5.91 Å². The van der Waals surface area contributed by atoms with E-state index in [1.54, 1.807) is 12.1 Å². The summed E-state index contributed by atoms with van der Waals surface area (Å²) in [5.41, 5.74) is 2.54. The van der Waals surface area contributed by atoms with Crippen molar-refractivity contribution in [2.24, 2.45) is 0 Å². The molecule has 2 aromatic rings. The molecule has 31 heavy (non-hydrogen) atoms. The number of carbonyl (C=O) groups is 1. The van der Waals surface area contributed by atoms with Gasteiger partial charge in [-0.2, -0.15) is 8.78 Å². The van der Waals surface area contributed by atoms with Crippen LogP contribution in [0, 0.1) is 5.82 Å². The minimum absolute atomic E-state index is 0.0852. The van der Waals surface area contributed by atoms with Crippen LogP contribution in [0.25, 0.3) is 0 Å². The van der Waals surface area contributed by atoms with Crippen molar-refractivity contribution in [3.8, 4) is 11.5 Å². The van der Waals surface area contributed by atoms with Crippen molar-refractivity contribution >= 4 is 34.8 Å². The third kappa shape index (κ3) is 5.87. The molecule has 1 N–H and O–H groups in total. The fourth-order valence-electron chi connectivity index (χ4n) is 3.23. The average Bonchev–Trinajstić information content (AvgIpc) is 2.72. The fraction of sp³-hybridized carbons (Fsp3) is 0.350. The van der Waals surface area contributed by atoms with Gasteiger partial charge in [-0.15, -0.1) is 0 Å². The summed E-state index contributed by atoms with van der Waals surface area (Å²) in [6, 6.07) is 6.87. The molecule has 1 amide bonds. The summed E-state index contributed by atoms with van der Waals surface area (Å²) in [5.74, 6) is -1.49. The predicted octanol–water partition coefficient (Wildman–Crippen LogP) is 5.07. The summed E-state index contributed by atoms with van der Waals surface area (Å²) >= 11 is 12.2. The van der Waals surface area contributed by atoms with E-state index >= 15 is 0 Å². The van der Waals surface area contributed by atoms with Gasteiger partial charge in [-0.05, 0) is 24.3 Å². The minimum Gasteiger partial charge on any atom is -0.489 e. The molecule has 0 spiro atoms. The van der Waals surface area contributed by atoms with Crippen molar-refractivity contribution in [3.05, 3.63) is 51.8 Å². The van der Waals surface area contributed by atoms with E-state index in [9.17, 15) is 18.0 Å². The van der Waals surface area contributed by atoms with Crippen LogP contribution in [0.2, 0.25) is 10.0 Å². The number of rotatable bonds is 7. The van der Waals surface area contributed by atoms with Crippen LogP contribution in [-0.4, -0.2) is 38.8 Å². The van der Waals surface area contributed by atoms with Gasteiger partial charge in [0.15, 0.2) is 0 Å². The zero-order valence-corrected chi connectivity index (χ0v) is 17.9. The summed E-state index contributed by atoms with van der Waals surface area (Å²) in [6.07, 6.45) is 0.997. The number of halogens is 5. The molecule has 2 aromatic carbocycles. The Morgan fingerprint density at radius 3 is 2.42 bits per heavy atom. The van der Waals surface area contributed by atoms with E-state index < -0.39 is 18.3 Å². The number of carbonyl (C=O) groups excluding carboxylic acids is 1. The van der Waals surface area contributed by atoms with Crippen LogP contribution in [0.5, 0.6) is 11.5 Å². The monoisotopic (exact) mass is 478 g/mol. The molecular formula is C20H19Cl2F3N2O4. The molecule has 1 fully saturated rings. The highest BCUT2D eigenvalue weighted by Crippen LogP contribution is 2.33. The molecule has 0 aromatic heterocycles. The zero-order chi connectivity index (χ0) is 22.5. The molecule has 1 heterocycles. The number of nitrogens with one attached hydrogen (secondary N) is 1. The number of ether oxygens (including phenoxy) is 2. The number of piperidine rings is 1. The minimum atomic E-state index is -2.95. The molecule has 1 saturated heterocycles. The van der Waals surface area contributed by atoms with Crippen molar-refractivity contribution in [2.45, 2.75) is 25.6 Å². The highest BCUT2D eigenvalue weighted by molar-refractivity contribution is 6.32. The molecule has 11 heteroatoms. The van der Waals surface area contributed by atoms with Crippen LogP contribution in [0.1, 0.15) is 23.2 Å². The fourth-order valence-corrected chi connectivity index (χ4v) is 3.66. The van der Waals surface area contributed by atoms with Gasteiger partial charge < -0.3 is 14.4 Å². The van der Waals surface area contributed by atoms with Gasteiger partial charge in [0, 0.05) is 37.7 Å². The molecule has 0 aliphatic carbocycles. The largest absolute Gasteiger partial charge is 0.489 e. The van der Waals surface area contributed by atoms with Crippen molar-refractivity contribution in [2.75, 3.05) is 25.1 Å². The van der Waals surface area contributed by atoms with E-state index in [1.165, 1.54) is 19.2 Å². The summed E-state index contributed by atoms with van der Waals surface area (Å²) < 4.78 is 49.2. The van der Waals surface area contributed by atoms with Gasteiger partial charge in [0.05, 0.1) is 22.7 Å². The number of hydroxylamine groups is 1. The summed E-state index contributed by atoms with van der Waals surface area (Å²) in [7, 11) is 1.24. The number of hydrogen-bond acceptors (Lipinski definition) is 5. The second kappa shape index (κ2) is 10.3. The van der Waals surface area contributed by atoms with Gasteiger partial charge >= 0.3 is 6.61 Å². The summed E-state index contributed by atoms with van der Waals surface area (Å²) in [4.78, 5) is 18.3. The van der Waals surface area contributed by atoms with E-state index in [1.807, 2.05) is 10.4 Å². The number of anilines is 1. The summed E-state index contributed by atoms with van der Waals surface area (Å²) in [5, 5.41) is 0.197. The zero-order valence-electron chi connectivity index (χ0n) is 16.3. The van der Waals surface area contributed by atoms with E-state index in [-0.39, 0.29) is 33.2 Å². The maximum absolute atomic E-state index is 14.3. The lowest BCUT2D eigenvalue weighted by Crippen LogP contribution is -2.38. The molecule has 3 rings (SSSR count). The molecule has 168 valence electrons. The van der Waals surface area contributed by atoms with E-state index in [2.05, 4.69) is 9.57 Å². The Kier molecular flexibility index (Phi) is 7.74. The average molecular weight is 479 g/mol. The van der Waals surface area contributed by atoms with Crippen molar-refractivity contribution in [3.63, 3.8) is 0 Å². The lowest BCUT2D eigenvalue weighted by atomic mass is 10.1. The lowest BCUT2D eigenvalue weighted by molar-refractivity contribution is -0.0497. The second-order valence-corrected chi connectivity index (χ2v) is 7.51. The quantitative estimate of drug-likeness (QED) is 0.562. The number of hydrogen-bond donors (Lipinski definition) is 1. The second-order valence-electron chi connectivity index (χ2n) is 6.70. The van der Waals surface area contributed by atoms with E-state index in [0.29, 0.717) is 25.9 Å². The molecule has 0 bridgehead atoms. The third-order valence-corrected chi connectivity index (χ3v) is 5.28. The molecular weight excluding hydrogens is 460 g/mol. The van der Waals surface area contributed by atoms with Gasteiger partial charge in [-0.25, -0.2) is 9.87 Å². The van der Waals surface area contributed by atoms with Gasteiger partial charge in [0.1, 0.15) is 23.4 Å². The Morgan fingerprint density at radius 2 is 1.81 bits per heavy atom. The van der Waals surface area contributed by atoms with Crippen molar-refractivity contribution in [1.82, 2.24) is 5.48 Å². The molecule has 0 radical (unpaired) electrons. The number of amides is 1. The summed E-state index contributed by atoms with van der Waals surface area (Å²) in [6.45, 7) is -1.74. The van der Waals surface area contributed by atoms with Gasteiger partial charge in [-0.3, -0.25) is 9.63 Å². The first-order valence-corrected chi connectivity index (χ1v) is 10.0. The topological polar surface area (TPSA) is 60.0 Å². The molecule has 0 unspecified atom stereocenters. The first kappa shape index (κ1) is 23.3. The smallest absolute Gasteiger partial charge is 0.387 e. The molecule has 0 saturated carbocycles. The third-order valence-electron chi connectivity index (χ3n) is 4.69. The number of nitrogens with zero attached hydrogens (tertiary/aromatic N) is 1. The van der Waals surface area contributed by atoms with Crippen LogP contribution >= 0.6 is 23.2 Å². The van der Waals surface area contributed by atoms with E-state index in [0.717, 1.165) is 11.8 Å². The molecule has 1 aliphatic heterocycles. The predicted molar refractivity (Wildman–Crippen MR) is 110 cm³/mol. The number of benzene rings is 2. The highest BCUT2D eigenvalue weighted by atomic mass is 35.5. The van der Waals surface area contributed by atoms with Crippen LogP contribution in [0.15, 0.2) is 30.3 Å². The highest BCUT2D eigenvalue weighted by Gasteiger charge is 2.24. The first-order chi connectivity index (χ1) is 14.8. The molecule has 0 atom stereocenters. The van der Waals surface area contributed by atoms with Gasteiger partial charge in [-0.1, -0.05) is 23.2 Å². The number of alkyl halides is 2. The first-order valence-electron chi connectivity index (χ1n) is 9.26. The van der Waals surface area contributed by atoms with Crippen LogP contribution in [0.4, 0.5) is 18.9 Å². The Bertz CT molecular complexity index is 941. The van der Waals surface area contributed by atoms with Crippen molar-refractivity contribution < 1.29 is 32.3 Å². The maximum Gasteiger partial charge on any atom is 0.387 e. The van der Waals surface area contributed by atoms with E-state index in [4.69, 9.17) is 27.9 Å². The standard InChI is InChI=1S/C20H19Cl2F3N2O4/c1-29-26-19(28)13-9-15(22)18(10-16(13)23)30-12-4-6-27(7-5-12)11-2-3-17(14(21)8-11)31-20(24)25/h2-3,8-10,12,20H,4-7H2,1H3,(H,26,28). The Morgan fingerprint density at radius 1 is 1.13 bits per heavy atom. The van der Waals surface area contributed by atoms with Gasteiger partial charge in [0.2, 0.25) is 0 Å². The normalized spacial score (nSPS) is 14.6. The Labute approximate surface area is 186 Å². The van der Waals surface area contributed by atoms with Crippen molar-refractivity contribution in [1.29, 1.82) is 0 Å². The SMILES string of the molecule is CONC(=O)c1cc(Cl)c(OC2CCN(c3ccc(OC(F)F)c(Cl)c3)CC2)cc1F. The lowest BCUT2D eigenvalue weighted by Gasteiger charge is -2.34. The van der Waals surface area contributed by atoms with Crippen LogP contribution < -0.4 is 19.9 Å².